The summed E-state index contributed by atoms with van der Waals surface area (Å²) in [4.78, 5) is 28.0. The van der Waals surface area contributed by atoms with E-state index in [1.807, 2.05) is 13.8 Å². The Kier molecular flexibility index (Phi) is 6.57. The van der Waals surface area contributed by atoms with Crippen LogP contribution in [0.5, 0.6) is 0 Å². The average Bonchev–Trinajstić information content (AvgIpc) is 2.44. The topological polar surface area (TPSA) is 109 Å². The fourth-order valence-corrected chi connectivity index (χ4v) is 1.86. The molecule has 7 nitrogen and oxygen atoms in total. The minimum atomic E-state index is -0.652. The SMILES string of the molecule is CC(C)CNC(=O)C(C)NC(=O)c1cc(Br)cnc1NN. The van der Waals surface area contributed by atoms with E-state index >= 15 is 0 Å². The summed E-state index contributed by atoms with van der Waals surface area (Å²) in [5.74, 6) is 5.25. The quantitative estimate of drug-likeness (QED) is 0.448. The molecule has 8 heteroatoms. The Hall–Kier alpha value is -1.67. The minimum absolute atomic E-state index is 0.234. The number of rotatable bonds is 6. The van der Waals surface area contributed by atoms with Crippen molar-refractivity contribution in [3.05, 3.63) is 22.3 Å². The highest BCUT2D eigenvalue weighted by atomic mass is 79.9. The van der Waals surface area contributed by atoms with E-state index in [-0.39, 0.29) is 17.3 Å². The molecule has 1 rings (SSSR count). The normalized spacial score (nSPS) is 11.9. The summed E-state index contributed by atoms with van der Waals surface area (Å²) in [7, 11) is 0. The molecule has 0 aliphatic carbocycles. The van der Waals surface area contributed by atoms with Gasteiger partial charge in [-0.2, -0.15) is 0 Å². The molecule has 0 aliphatic rings. The zero-order valence-electron chi connectivity index (χ0n) is 12.2. The number of carbonyl (C=O) groups excluding carboxylic acids is 2. The lowest BCUT2D eigenvalue weighted by atomic mass is 10.2. The molecule has 0 saturated carbocycles. The van der Waals surface area contributed by atoms with Crippen LogP contribution in [0, 0.1) is 5.92 Å². The number of nitrogens with two attached hydrogens (primary N) is 1. The van der Waals surface area contributed by atoms with Crippen LogP contribution in [0.25, 0.3) is 0 Å². The summed E-state index contributed by atoms with van der Waals surface area (Å²) < 4.78 is 0.642. The van der Waals surface area contributed by atoms with Gasteiger partial charge in [-0.05, 0) is 34.8 Å². The van der Waals surface area contributed by atoms with Gasteiger partial charge in [0.15, 0.2) is 5.82 Å². The number of nitrogen functional groups attached to an aromatic ring is 1. The summed E-state index contributed by atoms with van der Waals surface area (Å²) in [5.41, 5.74) is 2.61. The highest BCUT2D eigenvalue weighted by Gasteiger charge is 2.19. The van der Waals surface area contributed by atoms with Crippen LogP contribution in [-0.4, -0.2) is 29.4 Å². The predicted octanol–water partition coefficient (Wildman–Crippen LogP) is 1.02. The molecule has 0 fully saturated rings. The van der Waals surface area contributed by atoms with Gasteiger partial charge in [-0.3, -0.25) is 9.59 Å². The van der Waals surface area contributed by atoms with E-state index in [0.717, 1.165) is 0 Å². The fourth-order valence-electron chi connectivity index (χ4n) is 1.53. The number of hydrazine groups is 1. The lowest BCUT2D eigenvalue weighted by Crippen LogP contribution is -2.45. The number of nitrogens with zero attached hydrogens (tertiary/aromatic N) is 1. The molecule has 1 aromatic heterocycles. The minimum Gasteiger partial charge on any atom is -0.354 e. The molecule has 1 heterocycles. The van der Waals surface area contributed by atoms with E-state index in [0.29, 0.717) is 16.9 Å². The van der Waals surface area contributed by atoms with Crippen molar-refractivity contribution in [3.8, 4) is 0 Å². The van der Waals surface area contributed by atoms with Crippen molar-refractivity contribution < 1.29 is 9.59 Å². The van der Waals surface area contributed by atoms with Gasteiger partial charge in [-0.1, -0.05) is 13.8 Å². The summed E-state index contributed by atoms with van der Waals surface area (Å²) in [6.07, 6.45) is 1.52. The Morgan fingerprint density at radius 1 is 1.38 bits per heavy atom. The third-order valence-electron chi connectivity index (χ3n) is 2.66. The number of hydrogen-bond acceptors (Lipinski definition) is 5. The zero-order chi connectivity index (χ0) is 16.0. The number of carbonyl (C=O) groups is 2. The molecule has 0 aliphatic heterocycles. The smallest absolute Gasteiger partial charge is 0.255 e. The van der Waals surface area contributed by atoms with Crippen molar-refractivity contribution in [3.63, 3.8) is 0 Å². The van der Waals surface area contributed by atoms with E-state index in [1.165, 1.54) is 6.20 Å². The number of aromatic nitrogens is 1. The molecule has 0 bridgehead atoms. The second-order valence-corrected chi connectivity index (χ2v) is 5.94. The van der Waals surface area contributed by atoms with Gasteiger partial charge in [0.05, 0.1) is 5.56 Å². The lowest BCUT2D eigenvalue weighted by molar-refractivity contribution is -0.122. The number of anilines is 1. The number of pyridine rings is 1. The molecular formula is C13H20BrN5O2. The first-order valence-corrected chi connectivity index (χ1v) is 7.35. The number of nitrogens with one attached hydrogen (secondary N) is 3. The Morgan fingerprint density at radius 3 is 2.62 bits per heavy atom. The van der Waals surface area contributed by atoms with Gasteiger partial charge in [0, 0.05) is 17.2 Å². The van der Waals surface area contributed by atoms with Crippen LogP contribution in [-0.2, 0) is 4.79 Å². The Labute approximate surface area is 132 Å². The summed E-state index contributed by atoms with van der Waals surface area (Å²) >= 11 is 3.24. The first-order chi connectivity index (χ1) is 9.85. The second kappa shape index (κ2) is 7.94. The van der Waals surface area contributed by atoms with Crippen molar-refractivity contribution >= 4 is 33.6 Å². The summed E-state index contributed by atoms with van der Waals surface area (Å²) in [5, 5.41) is 5.37. The Bertz CT molecular complexity index is 521. The molecule has 0 spiro atoms. The third-order valence-corrected chi connectivity index (χ3v) is 3.09. The first-order valence-electron chi connectivity index (χ1n) is 6.55. The predicted molar refractivity (Wildman–Crippen MR) is 84.5 cm³/mol. The molecule has 1 unspecified atom stereocenters. The fraction of sp³-hybridized carbons (Fsp3) is 0.462. The van der Waals surface area contributed by atoms with Crippen molar-refractivity contribution in [2.45, 2.75) is 26.8 Å². The number of amides is 2. The van der Waals surface area contributed by atoms with Crippen LogP contribution < -0.4 is 21.9 Å². The molecule has 0 radical (unpaired) electrons. The zero-order valence-corrected chi connectivity index (χ0v) is 13.8. The van der Waals surface area contributed by atoms with Crippen molar-refractivity contribution in [1.29, 1.82) is 0 Å². The van der Waals surface area contributed by atoms with Crippen LogP contribution in [0.4, 0.5) is 5.82 Å². The largest absolute Gasteiger partial charge is 0.354 e. The van der Waals surface area contributed by atoms with Gasteiger partial charge in [0.2, 0.25) is 5.91 Å². The van der Waals surface area contributed by atoms with Crippen molar-refractivity contribution in [2.75, 3.05) is 12.0 Å². The van der Waals surface area contributed by atoms with Gasteiger partial charge >= 0.3 is 0 Å². The van der Waals surface area contributed by atoms with Crippen LogP contribution in [0.3, 0.4) is 0 Å². The number of hydrogen-bond donors (Lipinski definition) is 4. The van der Waals surface area contributed by atoms with E-state index in [1.54, 1.807) is 13.0 Å². The van der Waals surface area contributed by atoms with Gasteiger partial charge in [0.25, 0.3) is 5.91 Å². The standard InChI is InChI=1S/C13H20BrN5O2/c1-7(2)5-17-12(20)8(3)18-13(21)10-4-9(14)6-16-11(10)19-15/h4,6-8H,5,15H2,1-3H3,(H,16,19)(H,17,20)(H,18,21). The second-order valence-electron chi connectivity index (χ2n) is 5.03. The maximum Gasteiger partial charge on any atom is 0.255 e. The summed E-state index contributed by atoms with van der Waals surface area (Å²) in [6, 6.07) is 0.928. The van der Waals surface area contributed by atoms with E-state index in [4.69, 9.17) is 5.84 Å². The molecule has 116 valence electrons. The van der Waals surface area contributed by atoms with Crippen molar-refractivity contribution in [1.82, 2.24) is 15.6 Å². The van der Waals surface area contributed by atoms with Crippen LogP contribution >= 0.6 is 15.9 Å². The van der Waals surface area contributed by atoms with Crippen LogP contribution in [0.15, 0.2) is 16.7 Å². The molecule has 2 amide bonds. The monoisotopic (exact) mass is 357 g/mol. The molecule has 1 aromatic rings. The third kappa shape index (κ3) is 5.31. The van der Waals surface area contributed by atoms with Crippen LogP contribution in [0.1, 0.15) is 31.1 Å². The first kappa shape index (κ1) is 17.4. The Morgan fingerprint density at radius 2 is 2.05 bits per heavy atom. The maximum absolute atomic E-state index is 12.2. The maximum atomic E-state index is 12.2. The van der Waals surface area contributed by atoms with E-state index in [9.17, 15) is 9.59 Å². The van der Waals surface area contributed by atoms with Gasteiger partial charge in [-0.15, -0.1) is 0 Å². The van der Waals surface area contributed by atoms with Crippen LogP contribution in [0.2, 0.25) is 0 Å². The highest BCUT2D eigenvalue weighted by Crippen LogP contribution is 2.17. The molecule has 21 heavy (non-hydrogen) atoms. The lowest BCUT2D eigenvalue weighted by Gasteiger charge is -2.16. The van der Waals surface area contributed by atoms with Gasteiger partial charge < -0.3 is 16.1 Å². The molecule has 0 aromatic carbocycles. The molecule has 5 N–H and O–H groups in total. The Balaban J connectivity index is 2.72. The number of halogens is 1. The highest BCUT2D eigenvalue weighted by molar-refractivity contribution is 9.10. The average molecular weight is 358 g/mol. The molecule has 0 saturated heterocycles. The van der Waals surface area contributed by atoms with Gasteiger partial charge in [0.1, 0.15) is 6.04 Å². The molecule has 1 atom stereocenters. The van der Waals surface area contributed by atoms with E-state index in [2.05, 4.69) is 37.0 Å². The van der Waals surface area contributed by atoms with Crippen molar-refractivity contribution in [2.24, 2.45) is 11.8 Å². The van der Waals surface area contributed by atoms with E-state index < -0.39 is 11.9 Å². The van der Waals surface area contributed by atoms with Gasteiger partial charge in [-0.25, -0.2) is 10.8 Å². The molecular weight excluding hydrogens is 338 g/mol. The summed E-state index contributed by atoms with van der Waals surface area (Å²) in [6.45, 7) is 6.17.